The number of carbonyl (C=O) groups is 4. The van der Waals surface area contributed by atoms with Gasteiger partial charge in [0.15, 0.2) is 0 Å². The number of amides is 1. The maximum Gasteiger partial charge on any atom is 0.335 e. The molecule has 0 aromatic carbocycles. The van der Waals surface area contributed by atoms with Crippen LogP contribution in [0, 0.1) is 11.6 Å². The lowest BCUT2D eigenvalue weighted by Gasteiger charge is -2.09. The van der Waals surface area contributed by atoms with Gasteiger partial charge in [0.2, 0.25) is 23.4 Å². The zero-order valence-corrected chi connectivity index (χ0v) is 18.3. The Bertz CT molecular complexity index is 1290. The van der Waals surface area contributed by atoms with Crippen LogP contribution in [0.3, 0.4) is 0 Å². The fourth-order valence-corrected chi connectivity index (χ4v) is 2.27. The average Bonchev–Trinajstić information content (AvgIpc) is 2.82. The predicted octanol–water partition coefficient (Wildman–Crippen LogP) is -4.77. The van der Waals surface area contributed by atoms with Crippen molar-refractivity contribution in [3.63, 3.8) is 0 Å². The molecule has 19 heteroatoms. The molecule has 0 radical (unpaired) electrons. The molecule has 0 aliphatic rings. The van der Waals surface area contributed by atoms with Crippen LogP contribution in [0.1, 0.15) is 22.4 Å². The molecule has 2 unspecified atom stereocenters. The summed E-state index contributed by atoms with van der Waals surface area (Å²) in [6, 6.07) is -2.56. The normalized spacial score (nSPS) is 11.9. The van der Waals surface area contributed by atoms with E-state index in [0.29, 0.717) is 21.5 Å². The SMILES string of the molecule is COC(=O)C(N)CC(=O)n1cc(F)c(=O)[nH]c1=O.NNC(=O)C(N)CC(=O)n1cc(F)c(=O)[nH]c1=O. The topological polar surface area (TPSA) is 277 Å². The van der Waals surface area contributed by atoms with Gasteiger partial charge in [0, 0.05) is 0 Å². The van der Waals surface area contributed by atoms with Gasteiger partial charge in [-0.3, -0.25) is 44.2 Å². The molecule has 0 aliphatic carbocycles. The van der Waals surface area contributed by atoms with E-state index in [1.54, 1.807) is 15.4 Å². The number of rotatable bonds is 6. The number of hydrogen-bond donors (Lipinski definition) is 6. The molecule has 0 aliphatic heterocycles. The molecule has 196 valence electrons. The van der Waals surface area contributed by atoms with Crippen LogP contribution in [0.15, 0.2) is 31.6 Å². The summed E-state index contributed by atoms with van der Waals surface area (Å²) in [5, 5.41) is 0. The second kappa shape index (κ2) is 12.7. The molecular formula is C17H20F2N8O9. The Balaban J connectivity index is 0.000000360. The maximum absolute atomic E-state index is 12.9. The first-order valence-electron chi connectivity index (χ1n) is 9.42. The number of aromatic nitrogens is 4. The van der Waals surface area contributed by atoms with Crippen molar-refractivity contribution in [2.45, 2.75) is 24.9 Å². The highest BCUT2D eigenvalue weighted by Crippen LogP contribution is 1.96. The lowest BCUT2D eigenvalue weighted by atomic mass is 10.2. The largest absolute Gasteiger partial charge is 0.468 e. The number of nitrogens with one attached hydrogen (secondary N) is 3. The Labute approximate surface area is 196 Å². The Morgan fingerprint density at radius 2 is 1.28 bits per heavy atom. The molecule has 2 rings (SSSR count). The number of hydrogen-bond acceptors (Lipinski definition) is 12. The number of H-pyrrole nitrogens is 2. The van der Waals surface area contributed by atoms with Crippen LogP contribution in [-0.4, -0.2) is 62.0 Å². The first kappa shape index (κ1) is 29.4. The van der Waals surface area contributed by atoms with Crippen molar-refractivity contribution in [1.29, 1.82) is 0 Å². The molecule has 9 N–H and O–H groups in total. The van der Waals surface area contributed by atoms with Crippen LogP contribution in [0.4, 0.5) is 8.78 Å². The van der Waals surface area contributed by atoms with Crippen LogP contribution in [0.2, 0.25) is 0 Å². The molecule has 36 heavy (non-hydrogen) atoms. The number of nitrogens with zero attached hydrogens (tertiary/aromatic N) is 2. The fraction of sp³-hybridized carbons (Fsp3) is 0.294. The zero-order valence-electron chi connectivity index (χ0n) is 18.3. The number of halogens is 2. The summed E-state index contributed by atoms with van der Waals surface area (Å²) in [6.45, 7) is 0. The molecule has 2 atom stereocenters. The summed E-state index contributed by atoms with van der Waals surface area (Å²) in [4.78, 5) is 92.1. The summed E-state index contributed by atoms with van der Waals surface area (Å²) in [6.07, 6.45) is -0.267. The van der Waals surface area contributed by atoms with Gasteiger partial charge in [-0.1, -0.05) is 0 Å². The second-order valence-corrected chi connectivity index (χ2v) is 6.65. The Hall–Kier alpha value is -4.62. The van der Waals surface area contributed by atoms with Crippen LogP contribution in [0.25, 0.3) is 0 Å². The van der Waals surface area contributed by atoms with E-state index in [-0.39, 0.29) is 0 Å². The number of carbonyl (C=O) groups excluding carboxylic acids is 4. The van der Waals surface area contributed by atoms with E-state index in [0.717, 1.165) is 7.11 Å². The summed E-state index contributed by atoms with van der Waals surface area (Å²) in [7, 11) is 1.08. The summed E-state index contributed by atoms with van der Waals surface area (Å²) >= 11 is 0. The summed E-state index contributed by atoms with van der Waals surface area (Å²) < 4.78 is 30.7. The van der Waals surface area contributed by atoms with Crippen LogP contribution in [-0.2, 0) is 14.3 Å². The van der Waals surface area contributed by atoms with Crippen molar-refractivity contribution < 1.29 is 32.7 Å². The summed E-state index contributed by atoms with van der Waals surface area (Å²) in [5.41, 5.74) is 7.61. The predicted molar refractivity (Wildman–Crippen MR) is 113 cm³/mol. The molecule has 0 bridgehead atoms. The first-order chi connectivity index (χ1) is 16.7. The minimum absolute atomic E-state index is 0.320. The van der Waals surface area contributed by atoms with Crippen LogP contribution < -0.4 is 45.2 Å². The van der Waals surface area contributed by atoms with E-state index < -0.39 is 82.7 Å². The minimum Gasteiger partial charge on any atom is -0.468 e. The fourth-order valence-electron chi connectivity index (χ4n) is 2.27. The third kappa shape index (κ3) is 7.72. The maximum atomic E-state index is 12.9. The number of ether oxygens (including phenoxy) is 1. The molecule has 17 nitrogen and oxygen atoms in total. The molecule has 1 amide bonds. The summed E-state index contributed by atoms with van der Waals surface area (Å²) in [5.74, 6) is -1.36. The molecule has 0 saturated heterocycles. The van der Waals surface area contributed by atoms with E-state index in [2.05, 4.69) is 4.74 Å². The molecule has 2 heterocycles. The minimum atomic E-state index is -1.31. The van der Waals surface area contributed by atoms with E-state index in [1.165, 1.54) is 0 Å². The van der Waals surface area contributed by atoms with E-state index >= 15 is 0 Å². The molecule has 0 fully saturated rings. The standard InChI is InChI=1S/C9H10FN3O5.C8H10FN5O4/c1-18-8(16)5(11)2-6(14)13-3-4(10)7(15)12-9(13)17;9-3-2-14(8(18)12-6(3)16)5(15)1-4(10)7(17)13-11/h3,5H,2,11H2,1H3,(H,12,15,17);2,4H,1,10-11H2,(H,13,17)(H,12,16,18). The van der Waals surface area contributed by atoms with Crippen molar-refractivity contribution in [1.82, 2.24) is 24.5 Å². The number of aromatic amines is 2. The van der Waals surface area contributed by atoms with Gasteiger partial charge >= 0.3 is 17.3 Å². The van der Waals surface area contributed by atoms with E-state index in [4.69, 9.17) is 17.3 Å². The van der Waals surface area contributed by atoms with Crippen molar-refractivity contribution in [3.05, 3.63) is 65.7 Å². The Kier molecular flexibility index (Phi) is 10.4. The molecule has 0 saturated carbocycles. The van der Waals surface area contributed by atoms with Gasteiger partial charge in [-0.05, 0) is 0 Å². The number of hydrazine groups is 1. The first-order valence-corrected chi connectivity index (χ1v) is 9.42. The van der Waals surface area contributed by atoms with Crippen molar-refractivity contribution >= 4 is 23.7 Å². The van der Waals surface area contributed by atoms with Crippen LogP contribution in [0.5, 0.6) is 0 Å². The van der Waals surface area contributed by atoms with Gasteiger partial charge in [0.05, 0.1) is 38.4 Å². The van der Waals surface area contributed by atoms with Crippen molar-refractivity contribution in [3.8, 4) is 0 Å². The second-order valence-electron chi connectivity index (χ2n) is 6.65. The Morgan fingerprint density at radius 1 is 0.889 bits per heavy atom. The zero-order chi connectivity index (χ0) is 27.7. The van der Waals surface area contributed by atoms with Gasteiger partial charge in [-0.2, -0.15) is 8.78 Å². The highest BCUT2D eigenvalue weighted by molar-refractivity contribution is 5.88. The monoisotopic (exact) mass is 518 g/mol. The molecule has 2 aromatic rings. The number of nitrogens with two attached hydrogens (primary N) is 3. The van der Waals surface area contributed by atoms with E-state index in [9.17, 15) is 47.1 Å². The lowest BCUT2D eigenvalue weighted by molar-refractivity contribution is -0.142. The smallest absolute Gasteiger partial charge is 0.335 e. The van der Waals surface area contributed by atoms with Gasteiger partial charge in [0.25, 0.3) is 17.0 Å². The van der Waals surface area contributed by atoms with Gasteiger partial charge < -0.3 is 16.2 Å². The van der Waals surface area contributed by atoms with Crippen LogP contribution >= 0.6 is 0 Å². The van der Waals surface area contributed by atoms with Gasteiger partial charge in [-0.15, -0.1) is 0 Å². The quantitative estimate of drug-likeness (QED) is 0.0910. The highest BCUT2D eigenvalue weighted by Gasteiger charge is 2.21. The third-order valence-corrected chi connectivity index (χ3v) is 4.11. The lowest BCUT2D eigenvalue weighted by Crippen LogP contribution is -2.46. The third-order valence-electron chi connectivity index (χ3n) is 4.11. The molecule has 2 aromatic heterocycles. The van der Waals surface area contributed by atoms with E-state index in [1.807, 2.05) is 0 Å². The molecular weight excluding hydrogens is 498 g/mol. The van der Waals surface area contributed by atoms with Gasteiger partial charge in [0.1, 0.15) is 6.04 Å². The average molecular weight is 518 g/mol. The van der Waals surface area contributed by atoms with Crippen molar-refractivity contribution in [2.75, 3.05) is 7.11 Å². The number of methoxy groups -OCH3 is 1. The van der Waals surface area contributed by atoms with Crippen molar-refractivity contribution in [2.24, 2.45) is 17.3 Å². The molecule has 0 spiro atoms. The highest BCUT2D eigenvalue weighted by atomic mass is 19.1. The van der Waals surface area contributed by atoms with Gasteiger partial charge in [-0.25, -0.2) is 24.6 Å². The Morgan fingerprint density at radius 3 is 1.64 bits per heavy atom. The number of esters is 1.